The van der Waals surface area contributed by atoms with Crippen molar-refractivity contribution in [2.45, 2.75) is 32.3 Å². The van der Waals surface area contributed by atoms with E-state index >= 15 is 0 Å². The first-order chi connectivity index (χ1) is 20.8. The van der Waals surface area contributed by atoms with Crippen molar-refractivity contribution >= 4 is 39.4 Å². The van der Waals surface area contributed by atoms with Crippen LogP contribution in [0, 0.1) is 11.3 Å². The van der Waals surface area contributed by atoms with Crippen LogP contribution in [0.5, 0.6) is 5.75 Å². The molecule has 0 spiro atoms. The molecule has 9 nitrogen and oxygen atoms in total. The molecule has 1 aliphatic heterocycles. The predicted octanol–water partition coefficient (Wildman–Crippen LogP) is 5.11. The molecule has 0 saturated carbocycles. The summed E-state index contributed by atoms with van der Waals surface area (Å²) < 4.78 is 38.9. The van der Waals surface area contributed by atoms with Gasteiger partial charge in [0.2, 0.25) is 10.0 Å². The summed E-state index contributed by atoms with van der Waals surface area (Å²) in [7, 11) is -4.11. The van der Waals surface area contributed by atoms with Gasteiger partial charge in [0.15, 0.2) is 5.75 Å². The minimum atomic E-state index is -4.11. The number of hydrogen-bond donors (Lipinski definition) is 0. The number of sulfonamides is 1. The third-order valence-electron chi connectivity index (χ3n) is 6.98. The van der Waals surface area contributed by atoms with Gasteiger partial charge in [-0.25, -0.2) is 8.42 Å². The quantitative estimate of drug-likeness (QED) is 0.242. The number of esters is 1. The third kappa shape index (κ3) is 9.55. The normalized spacial score (nSPS) is 14.3. The van der Waals surface area contributed by atoms with Gasteiger partial charge in [0.1, 0.15) is 11.9 Å². The summed E-state index contributed by atoms with van der Waals surface area (Å²) in [5.74, 6) is -1.17. The number of carbonyl (C=O) groups excluding carboxylic acids is 1. The second-order valence-electron chi connectivity index (χ2n) is 10.1. The van der Waals surface area contributed by atoms with E-state index in [1.165, 1.54) is 6.07 Å². The van der Waals surface area contributed by atoms with Gasteiger partial charge in [0, 0.05) is 37.9 Å². The van der Waals surface area contributed by atoms with E-state index in [0.717, 1.165) is 54.5 Å². The molecule has 0 aliphatic carbocycles. The first-order valence-electron chi connectivity index (χ1n) is 14.2. The first-order valence-corrected chi connectivity index (χ1v) is 16.2. The minimum Gasteiger partial charge on any atom is -0.489 e. The maximum atomic E-state index is 13.3. The number of benzene rings is 2. The number of aromatic nitrogens is 1. The van der Waals surface area contributed by atoms with E-state index in [-0.39, 0.29) is 24.3 Å². The second-order valence-corrected chi connectivity index (χ2v) is 12.4. The molecular formula is C32H35ClN4O5S. The van der Waals surface area contributed by atoms with Crippen molar-refractivity contribution in [3.05, 3.63) is 94.8 Å². The lowest BCUT2D eigenvalue weighted by atomic mass is 10.1. The van der Waals surface area contributed by atoms with Gasteiger partial charge < -0.3 is 14.4 Å². The molecule has 0 amide bonds. The number of anilines is 1. The maximum Gasteiger partial charge on any atom is 0.323 e. The van der Waals surface area contributed by atoms with E-state index in [1.807, 2.05) is 30.5 Å². The van der Waals surface area contributed by atoms with Crippen molar-refractivity contribution in [1.82, 2.24) is 9.88 Å². The Balaban J connectivity index is 1.42. The zero-order valence-electron chi connectivity index (χ0n) is 24.1. The number of piperidine rings is 1. The molecule has 11 heteroatoms. The van der Waals surface area contributed by atoms with Gasteiger partial charge in [-0.3, -0.25) is 14.1 Å². The molecule has 43 heavy (non-hydrogen) atoms. The fourth-order valence-electron chi connectivity index (χ4n) is 4.79. The van der Waals surface area contributed by atoms with Crippen LogP contribution in [0.4, 0.5) is 5.69 Å². The number of likely N-dealkylation sites (tertiary alicyclic amines) is 1. The highest BCUT2D eigenvalue weighted by Crippen LogP contribution is 2.33. The Hall–Kier alpha value is -3.91. The molecule has 0 N–H and O–H groups in total. The minimum absolute atomic E-state index is 0.00907. The van der Waals surface area contributed by atoms with Crippen molar-refractivity contribution in [1.29, 1.82) is 5.26 Å². The van der Waals surface area contributed by atoms with E-state index in [2.05, 4.69) is 16.0 Å². The Kier molecular flexibility index (Phi) is 11.6. The summed E-state index contributed by atoms with van der Waals surface area (Å²) in [5.41, 5.74) is 2.61. The number of nitrogens with zero attached hydrogens (tertiary/aromatic N) is 4. The standard InChI is InChI=1S/C32H35ClN4O5S/c1-2-41-32(38)24-43(39,40)37(17-6-9-25-7-5-8-26(21-25)23-34)28-11-12-31(30(33)22-28)42-29-14-19-36(20-15-29)18-13-27-10-3-4-16-35-27/h3-12,16,21-22,29H,2,13-15,17-20,24H2,1H3. The van der Waals surface area contributed by atoms with Crippen LogP contribution in [-0.2, 0) is 26.0 Å². The largest absolute Gasteiger partial charge is 0.489 e. The Morgan fingerprint density at radius 2 is 1.98 bits per heavy atom. The highest BCUT2D eigenvalue weighted by molar-refractivity contribution is 7.93. The summed E-state index contributed by atoms with van der Waals surface area (Å²) in [6, 6.07) is 19.8. The van der Waals surface area contributed by atoms with Gasteiger partial charge >= 0.3 is 5.97 Å². The monoisotopic (exact) mass is 622 g/mol. The molecule has 3 aromatic rings. The fraction of sp³-hybridized carbons (Fsp3) is 0.344. The van der Waals surface area contributed by atoms with E-state index in [9.17, 15) is 13.2 Å². The molecule has 0 bridgehead atoms. The fourth-order valence-corrected chi connectivity index (χ4v) is 6.30. The van der Waals surface area contributed by atoms with Gasteiger partial charge in [0.05, 0.1) is 35.5 Å². The van der Waals surface area contributed by atoms with E-state index in [4.69, 9.17) is 26.3 Å². The summed E-state index contributed by atoms with van der Waals surface area (Å²) in [6.07, 6.45) is 7.76. The van der Waals surface area contributed by atoms with Crippen LogP contribution in [0.15, 0.2) is 72.9 Å². The van der Waals surface area contributed by atoms with Crippen LogP contribution in [0.2, 0.25) is 5.02 Å². The topological polar surface area (TPSA) is 113 Å². The van der Waals surface area contributed by atoms with E-state index in [0.29, 0.717) is 17.0 Å². The molecule has 1 fully saturated rings. The van der Waals surface area contributed by atoms with Gasteiger partial charge in [-0.05, 0) is 67.8 Å². The highest BCUT2D eigenvalue weighted by Gasteiger charge is 2.27. The van der Waals surface area contributed by atoms with Crippen molar-refractivity contribution in [2.24, 2.45) is 0 Å². The number of rotatable bonds is 13. The Bertz CT molecular complexity index is 1550. The number of carbonyl (C=O) groups is 1. The van der Waals surface area contributed by atoms with Crippen LogP contribution in [0.1, 0.15) is 36.6 Å². The smallest absolute Gasteiger partial charge is 0.323 e. The van der Waals surface area contributed by atoms with Gasteiger partial charge in [-0.2, -0.15) is 5.26 Å². The molecular weight excluding hydrogens is 588 g/mol. The van der Waals surface area contributed by atoms with Crippen molar-refractivity contribution in [3.63, 3.8) is 0 Å². The molecule has 1 aromatic heterocycles. The third-order valence-corrected chi connectivity index (χ3v) is 8.91. The Morgan fingerprint density at radius 3 is 2.67 bits per heavy atom. The zero-order valence-corrected chi connectivity index (χ0v) is 25.6. The first kappa shape index (κ1) is 32.0. The molecule has 4 rings (SSSR count). The van der Waals surface area contributed by atoms with Crippen molar-refractivity contribution in [3.8, 4) is 11.8 Å². The molecule has 1 aliphatic rings. The lowest BCUT2D eigenvalue weighted by Crippen LogP contribution is -2.39. The molecule has 1 saturated heterocycles. The van der Waals surface area contributed by atoms with Gasteiger partial charge in [-0.1, -0.05) is 42.0 Å². The van der Waals surface area contributed by atoms with Crippen molar-refractivity contribution in [2.75, 3.05) is 42.8 Å². The second kappa shape index (κ2) is 15.5. The van der Waals surface area contributed by atoms with Crippen molar-refractivity contribution < 1.29 is 22.7 Å². The molecule has 0 unspecified atom stereocenters. The average molecular weight is 623 g/mol. The molecule has 2 heterocycles. The molecule has 0 atom stereocenters. The van der Waals surface area contributed by atoms with Crippen LogP contribution in [-0.4, -0.2) is 68.9 Å². The zero-order chi connectivity index (χ0) is 30.7. The van der Waals surface area contributed by atoms with Crippen LogP contribution < -0.4 is 9.04 Å². The maximum absolute atomic E-state index is 13.3. The molecule has 2 aromatic carbocycles. The van der Waals surface area contributed by atoms with E-state index in [1.54, 1.807) is 49.4 Å². The lowest BCUT2D eigenvalue weighted by molar-refractivity contribution is -0.139. The SMILES string of the molecule is CCOC(=O)CS(=O)(=O)N(CC=Cc1cccc(C#N)c1)c1ccc(OC2CCN(CCc3ccccn3)CC2)c(Cl)c1. The summed E-state index contributed by atoms with van der Waals surface area (Å²) in [5, 5.41) is 9.43. The van der Waals surface area contributed by atoms with Gasteiger partial charge in [-0.15, -0.1) is 0 Å². The molecule has 226 valence electrons. The number of hydrogen-bond acceptors (Lipinski definition) is 8. The number of halogens is 1. The summed E-state index contributed by atoms with van der Waals surface area (Å²) in [4.78, 5) is 18.9. The van der Waals surface area contributed by atoms with Crippen LogP contribution >= 0.6 is 11.6 Å². The predicted molar refractivity (Wildman–Crippen MR) is 167 cm³/mol. The van der Waals surface area contributed by atoms with E-state index < -0.39 is 21.7 Å². The molecule has 0 radical (unpaired) electrons. The number of nitriles is 1. The lowest BCUT2D eigenvalue weighted by Gasteiger charge is -2.32. The average Bonchev–Trinajstić information content (AvgIpc) is 3.00. The van der Waals surface area contributed by atoms with Crippen LogP contribution in [0.25, 0.3) is 6.08 Å². The number of ether oxygens (including phenoxy) is 2. The summed E-state index contributed by atoms with van der Waals surface area (Å²) >= 11 is 6.60. The highest BCUT2D eigenvalue weighted by atomic mass is 35.5. The Morgan fingerprint density at radius 1 is 1.16 bits per heavy atom. The Labute approximate surface area is 258 Å². The van der Waals surface area contributed by atoms with Gasteiger partial charge in [0.25, 0.3) is 0 Å². The van der Waals surface area contributed by atoms with Crippen LogP contribution in [0.3, 0.4) is 0 Å². The summed E-state index contributed by atoms with van der Waals surface area (Å²) in [6.45, 7) is 4.36. The number of pyridine rings is 1.